The summed E-state index contributed by atoms with van der Waals surface area (Å²) in [6.45, 7) is 0. The Hall–Kier alpha value is -1.56. The first-order valence-corrected chi connectivity index (χ1v) is 6.09. The van der Waals surface area contributed by atoms with Crippen LogP contribution in [-0.4, -0.2) is 5.78 Å². The number of Topliss-reactive ketones (excluding diaryl/α,β-unsaturated/α-hetero) is 1. The first-order chi connectivity index (χ1) is 8.88. The minimum Gasteiger partial charge on any atom is -0.457 e. The van der Waals surface area contributed by atoms with E-state index in [9.17, 15) is 18.0 Å². The van der Waals surface area contributed by atoms with Gasteiger partial charge in [-0.1, -0.05) is 18.2 Å². The van der Waals surface area contributed by atoms with E-state index in [0.29, 0.717) is 11.1 Å². The Morgan fingerprint density at radius 2 is 2.00 bits per heavy atom. The molecule has 0 unspecified atom stereocenters. The lowest BCUT2D eigenvalue weighted by molar-refractivity contribution is -0.137. The van der Waals surface area contributed by atoms with Gasteiger partial charge in [-0.2, -0.15) is 13.2 Å². The van der Waals surface area contributed by atoms with E-state index in [1.807, 2.05) is 0 Å². The number of ketones is 1. The fourth-order valence-corrected chi connectivity index (χ4v) is 2.09. The molecule has 0 radical (unpaired) electrons. The summed E-state index contributed by atoms with van der Waals surface area (Å²) in [6.07, 6.45) is -3.18. The number of hydrogen-bond acceptors (Lipinski definition) is 2. The van der Waals surface area contributed by atoms with Gasteiger partial charge < -0.3 is 4.42 Å². The quantitative estimate of drug-likeness (QED) is 0.775. The average molecular weight is 333 g/mol. The number of furan rings is 1. The fraction of sp³-hybridized carbons (Fsp3) is 0.154. The molecule has 6 heteroatoms. The summed E-state index contributed by atoms with van der Waals surface area (Å²) in [7, 11) is 0. The van der Waals surface area contributed by atoms with Crippen molar-refractivity contribution in [2.24, 2.45) is 0 Å². The molecule has 2 nitrogen and oxygen atoms in total. The van der Waals surface area contributed by atoms with E-state index >= 15 is 0 Å². The number of hydrogen-bond donors (Lipinski definition) is 0. The third-order valence-electron chi connectivity index (χ3n) is 2.54. The molecule has 0 aliphatic carbocycles. The number of carbonyl (C=O) groups excluding carboxylic acids is 1. The van der Waals surface area contributed by atoms with Crippen LogP contribution in [0, 0.1) is 0 Å². The van der Waals surface area contributed by atoms with Crippen LogP contribution >= 0.6 is 15.9 Å². The Kier molecular flexibility index (Phi) is 3.80. The molecule has 0 fully saturated rings. The molecule has 100 valence electrons. The van der Waals surface area contributed by atoms with Crippen LogP contribution in [0.3, 0.4) is 0 Å². The van der Waals surface area contributed by atoms with Crippen molar-refractivity contribution in [1.29, 1.82) is 0 Å². The van der Waals surface area contributed by atoms with Crippen LogP contribution in [0.2, 0.25) is 0 Å². The topological polar surface area (TPSA) is 30.2 Å². The Labute approximate surface area is 115 Å². The second-order valence-electron chi connectivity index (χ2n) is 3.91. The van der Waals surface area contributed by atoms with E-state index in [1.165, 1.54) is 24.5 Å². The van der Waals surface area contributed by atoms with Crippen LogP contribution in [0.25, 0.3) is 0 Å². The largest absolute Gasteiger partial charge is 0.457 e. The third kappa shape index (κ3) is 3.26. The first-order valence-electron chi connectivity index (χ1n) is 5.30. The smallest absolute Gasteiger partial charge is 0.416 e. The molecule has 2 rings (SSSR count). The van der Waals surface area contributed by atoms with Gasteiger partial charge in [0.05, 0.1) is 17.4 Å². The molecule has 0 amide bonds. The van der Waals surface area contributed by atoms with Crippen molar-refractivity contribution in [3.05, 3.63) is 58.0 Å². The summed E-state index contributed by atoms with van der Waals surface area (Å²) in [5, 5.41) is 0. The normalized spacial score (nSPS) is 11.6. The summed E-state index contributed by atoms with van der Waals surface area (Å²) >= 11 is 3.06. The van der Waals surface area contributed by atoms with Gasteiger partial charge in [-0.3, -0.25) is 4.79 Å². The summed E-state index contributed by atoms with van der Waals surface area (Å²) in [4.78, 5) is 11.9. The van der Waals surface area contributed by atoms with Gasteiger partial charge in [0.25, 0.3) is 0 Å². The molecule has 0 spiro atoms. The van der Waals surface area contributed by atoms with Crippen LogP contribution in [0.5, 0.6) is 0 Å². The Morgan fingerprint density at radius 3 is 2.58 bits per heavy atom. The van der Waals surface area contributed by atoms with Crippen molar-refractivity contribution in [2.45, 2.75) is 12.6 Å². The maximum absolute atomic E-state index is 12.5. The van der Waals surface area contributed by atoms with Gasteiger partial charge in [-0.25, -0.2) is 0 Å². The highest BCUT2D eigenvalue weighted by Gasteiger charge is 2.30. The van der Waals surface area contributed by atoms with Crippen LogP contribution in [0.1, 0.15) is 21.5 Å². The summed E-state index contributed by atoms with van der Waals surface area (Å²) < 4.78 is 42.8. The van der Waals surface area contributed by atoms with Gasteiger partial charge >= 0.3 is 6.18 Å². The molecular weight excluding hydrogens is 325 g/mol. The van der Waals surface area contributed by atoms with Crippen molar-refractivity contribution in [2.75, 3.05) is 0 Å². The van der Waals surface area contributed by atoms with Gasteiger partial charge in [0.2, 0.25) is 0 Å². The molecule has 0 aliphatic rings. The maximum atomic E-state index is 12.5. The minimum atomic E-state index is -4.41. The predicted molar refractivity (Wildman–Crippen MR) is 65.9 cm³/mol. The van der Waals surface area contributed by atoms with Gasteiger partial charge in [0.1, 0.15) is 0 Å². The van der Waals surface area contributed by atoms with Crippen molar-refractivity contribution < 1.29 is 22.4 Å². The molecule has 1 aromatic carbocycles. The maximum Gasteiger partial charge on any atom is 0.416 e. The van der Waals surface area contributed by atoms with Crippen LogP contribution in [0.15, 0.2) is 45.7 Å². The summed E-state index contributed by atoms with van der Waals surface area (Å²) in [6, 6.07) is 6.20. The van der Waals surface area contributed by atoms with Gasteiger partial charge in [-0.05, 0) is 33.6 Å². The fourth-order valence-electron chi connectivity index (χ4n) is 1.63. The van der Waals surface area contributed by atoms with Crippen molar-refractivity contribution in [3.63, 3.8) is 0 Å². The first kappa shape index (κ1) is 13.9. The molecule has 1 heterocycles. The average Bonchev–Trinajstić information content (AvgIpc) is 2.75. The van der Waals surface area contributed by atoms with E-state index in [0.717, 1.165) is 12.1 Å². The molecule has 19 heavy (non-hydrogen) atoms. The molecule has 1 aromatic heterocycles. The zero-order chi connectivity index (χ0) is 14.0. The number of alkyl halides is 3. The molecule has 0 atom stereocenters. The number of benzene rings is 1. The molecular formula is C13H8BrF3O2. The molecule has 0 saturated carbocycles. The molecule has 0 bridgehead atoms. The van der Waals surface area contributed by atoms with E-state index in [-0.39, 0.29) is 16.9 Å². The third-order valence-corrected chi connectivity index (χ3v) is 3.15. The van der Waals surface area contributed by atoms with E-state index in [2.05, 4.69) is 15.9 Å². The number of rotatable bonds is 3. The molecule has 2 aromatic rings. The van der Waals surface area contributed by atoms with Crippen LogP contribution in [-0.2, 0) is 12.6 Å². The Morgan fingerprint density at radius 1 is 1.26 bits per heavy atom. The molecule has 0 N–H and O–H groups in total. The Bertz CT molecular complexity index is 602. The lowest BCUT2D eigenvalue weighted by Crippen LogP contribution is -2.07. The second-order valence-corrected chi connectivity index (χ2v) is 4.63. The highest BCUT2D eigenvalue weighted by atomic mass is 79.9. The number of carbonyl (C=O) groups is 1. The van der Waals surface area contributed by atoms with Gasteiger partial charge in [-0.15, -0.1) is 0 Å². The SMILES string of the molecule is O=C(Cc1cccc(C(F)(F)F)c1)c1ccoc1Br. The second kappa shape index (κ2) is 5.21. The van der Waals surface area contributed by atoms with Gasteiger partial charge in [0, 0.05) is 6.42 Å². The van der Waals surface area contributed by atoms with Crippen molar-refractivity contribution in [3.8, 4) is 0 Å². The monoisotopic (exact) mass is 332 g/mol. The van der Waals surface area contributed by atoms with Gasteiger partial charge in [0.15, 0.2) is 10.5 Å². The zero-order valence-corrected chi connectivity index (χ0v) is 11.1. The summed E-state index contributed by atoms with van der Waals surface area (Å²) in [5.74, 6) is -0.306. The highest BCUT2D eigenvalue weighted by molar-refractivity contribution is 9.10. The lowest BCUT2D eigenvalue weighted by Gasteiger charge is -2.08. The van der Waals surface area contributed by atoms with Crippen molar-refractivity contribution >= 4 is 21.7 Å². The van der Waals surface area contributed by atoms with E-state index in [4.69, 9.17) is 4.42 Å². The van der Waals surface area contributed by atoms with E-state index < -0.39 is 11.7 Å². The lowest BCUT2D eigenvalue weighted by atomic mass is 10.0. The van der Waals surface area contributed by atoms with Crippen LogP contribution in [0.4, 0.5) is 13.2 Å². The minimum absolute atomic E-state index is 0.109. The Balaban J connectivity index is 2.21. The molecule has 0 aliphatic heterocycles. The predicted octanol–water partition coefficient (Wildman–Crippen LogP) is 4.49. The highest BCUT2D eigenvalue weighted by Crippen LogP contribution is 2.30. The van der Waals surface area contributed by atoms with E-state index in [1.54, 1.807) is 0 Å². The van der Waals surface area contributed by atoms with Crippen molar-refractivity contribution in [1.82, 2.24) is 0 Å². The van der Waals surface area contributed by atoms with Crippen LogP contribution < -0.4 is 0 Å². The zero-order valence-electron chi connectivity index (χ0n) is 9.50. The summed E-state index contributed by atoms with van der Waals surface area (Å²) in [5.41, 5.74) is -0.130. The molecule has 0 saturated heterocycles. The standard InChI is InChI=1S/C13H8BrF3O2/c14-12-10(4-5-19-12)11(18)7-8-2-1-3-9(6-8)13(15,16)17/h1-6H,7H2. The number of halogens is 4.